The molecule has 0 unspecified atom stereocenters. The Labute approximate surface area is 176 Å². The fourth-order valence-electron chi connectivity index (χ4n) is 3.41. The van der Waals surface area contributed by atoms with Crippen LogP contribution in [0.3, 0.4) is 0 Å². The summed E-state index contributed by atoms with van der Waals surface area (Å²) in [7, 11) is -1.55. The van der Waals surface area contributed by atoms with Crippen LogP contribution in [0.4, 0.5) is 0 Å². The fourth-order valence-corrected chi connectivity index (χ4v) is 5.36. The lowest BCUT2D eigenvalue weighted by molar-refractivity contribution is -0.136. The predicted molar refractivity (Wildman–Crippen MR) is 112 cm³/mol. The number of amides is 1. The van der Waals surface area contributed by atoms with Crippen LogP contribution in [0, 0.1) is 6.92 Å². The van der Waals surface area contributed by atoms with E-state index in [1.807, 2.05) is 31.2 Å². The van der Waals surface area contributed by atoms with Crippen molar-refractivity contribution in [1.29, 1.82) is 0 Å². The third-order valence-corrected chi connectivity index (χ3v) is 6.93. The minimum atomic E-state index is -3.13. The monoisotopic (exact) mass is 437 g/mol. The van der Waals surface area contributed by atoms with Gasteiger partial charge in [0, 0.05) is 17.6 Å². The molecule has 1 saturated heterocycles. The topological polar surface area (TPSA) is 72.9 Å². The Morgan fingerprint density at radius 3 is 2.69 bits per heavy atom. The standard InChI is InChI=1S/C21H24ClNO5S/c1-15-10-17(22)6-7-20(15)28-13-21(24)23(18-8-9-29(25,26)14-18)12-16-4-3-5-19(11-16)27-2/h3-7,10-11,18H,8-9,12-14H2,1-2H3/t18-/m0/s1. The van der Waals surface area contributed by atoms with Gasteiger partial charge in [-0.3, -0.25) is 4.79 Å². The number of aryl methyl sites for hydroxylation is 1. The largest absolute Gasteiger partial charge is 0.497 e. The number of benzene rings is 2. The van der Waals surface area contributed by atoms with Crippen molar-refractivity contribution in [1.82, 2.24) is 4.90 Å². The molecule has 2 aromatic carbocycles. The number of rotatable bonds is 7. The van der Waals surface area contributed by atoms with E-state index < -0.39 is 9.84 Å². The second-order valence-corrected chi connectivity index (χ2v) is 9.79. The first kappa shape index (κ1) is 21.5. The van der Waals surface area contributed by atoms with Crippen molar-refractivity contribution in [3.8, 4) is 11.5 Å². The van der Waals surface area contributed by atoms with Crippen LogP contribution < -0.4 is 9.47 Å². The van der Waals surface area contributed by atoms with Gasteiger partial charge in [-0.25, -0.2) is 8.42 Å². The van der Waals surface area contributed by atoms with Crippen LogP contribution in [0.15, 0.2) is 42.5 Å². The van der Waals surface area contributed by atoms with Gasteiger partial charge in [0.05, 0.1) is 18.6 Å². The summed E-state index contributed by atoms with van der Waals surface area (Å²) in [6.07, 6.45) is 0.429. The molecule has 0 saturated carbocycles. The first-order chi connectivity index (χ1) is 13.8. The number of ether oxygens (including phenoxy) is 2. The van der Waals surface area contributed by atoms with E-state index in [0.717, 1.165) is 11.1 Å². The minimum Gasteiger partial charge on any atom is -0.497 e. The molecule has 1 aliphatic heterocycles. The van der Waals surface area contributed by atoms with Crippen molar-refractivity contribution in [3.05, 3.63) is 58.6 Å². The summed E-state index contributed by atoms with van der Waals surface area (Å²) in [6, 6.07) is 12.2. The van der Waals surface area contributed by atoms with Crippen LogP contribution in [0.2, 0.25) is 5.02 Å². The Balaban J connectivity index is 1.77. The summed E-state index contributed by atoms with van der Waals surface area (Å²) in [4.78, 5) is 14.6. The Hall–Kier alpha value is -2.25. The number of nitrogens with zero attached hydrogens (tertiary/aromatic N) is 1. The van der Waals surface area contributed by atoms with E-state index in [0.29, 0.717) is 29.5 Å². The predicted octanol–water partition coefficient (Wildman–Crippen LogP) is 3.25. The van der Waals surface area contributed by atoms with Gasteiger partial charge in [0.25, 0.3) is 5.91 Å². The lowest BCUT2D eigenvalue weighted by Gasteiger charge is -2.28. The molecule has 3 rings (SSSR count). The van der Waals surface area contributed by atoms with Crippen molar-refractivity contribution in [2.75, 3.05) is 25.2 Å². The van der Waals surface area contributed by atoms with E-state index in [4.69, 9.17) is 21.1 Å². The van der Waals surface area contributed by atoms with Gasteiger partial charge in [0.1, 0.15) is 11.5 Å². The molecule has 29 heavy (non-hydrogen) atoms. The highest BCUT2D eigenvalue weighted by Gasteiger charge is 2.34. The maximum atomic E-state index is 13.0. The molecule has 2 aromatic rings. The summed E-state index contributed by atoms with van der Waals surface area (Å²) in [5.74, 6) is 1.06. The SMILES string of the molecule is COc1cccc(CN(C(=O)COc2ccc(Cl)cc2C)[C@H]2CCS(=O)(=O)C2)c1. The van der Waals surface area contributed by atoms with Crippen LogP contribution in [-0.4, -0.2) is 50.5 Å². The van der Waals surface area contributed by atoms with Crippen LogP contribution in [-0.2, 0) is 21.2 Å². The van der Waals surface area contributed by atoms with Gasteiger partial charge in [-0.15, -0.1) is 0 Å². The first-order valence-corrected chi connectivity index (χ1v) is 11.5. The van der Waals surface area contributed by atoms with Crippen molar-refractivity contribution in [2.24, 2.45) is 0 Å². The molecular weight excluding hydrogens is 414 g/mol. The highest BCUT2D eigenvalue weighted by molar-refractivity contribution is 7.91. The molecule has 0 N–H and O–H groups in total. The van der Waals surface area contributed by atoms with Gasteiger partial charge >= 0.3 is 0 Å². The minimum absolute atomic E-state index is 0.0251. The first-order valence-electron chi connectivity index (χ1n) is 9.29. The van der Waals surface area contributed by atoms with Gasteiger partial charge in [0.2, 0.25) is 0 Å². The average molecular weight is 438 g/mol. The van der Waals surface area contributed by atoms with Gasteiger partial charge in [-0.1, -0.05) is 23.7 Å². The van der Waals surface area contributed by atoms with E-state index in [1.54, 1.807) is 30.2 Å². The smallest absolute Gasteiger partial charge is 0.261 e. The highest BCUT2D eigenvalue weighted by Crippen LogP contribution is 2.24. The second kappa shape index (κ2) is 9.05. The van der Waals surface area contributed by atoms with Gasteiger partial charge in [-0.2, -0.15) is 0 Å². The number of hydrogen-bond acceptors (Lipinski definition) is 5. The number of sulfone groups is 1. The molecule has 1 fully saturated rings. The molecule has 6 nitrogen and oxygen atoms in total. The molecule has 0 aliphatic carbocycles. The summed E-state index contributed by atoms with van der Waals surface area (Å²) in [5.41, 5.74) is 1.69. The Morgan fingerprint density at radius 2 is 2.03 bits per heavy atom. The average Bonchev–Trinajstić information content (AvgIpc) is 3.04. The molecule has 156 valence electrons. The zero-order valence-corrected chi connectivity index (χ0v) is 18.0. The fraction of sp³-hybridized carbons (Fsp3) is 0.381. The van der Waals surface area contributed by atoms with Gasteiger partial charge in [0.15, 0.2) is 16.4 Å². The number of methoxy groups -OCH3 is 1. The van der Waals surface area contributed by atoms with E-state index in [2.05, 4.69) is 0 Å². The van der Waals surface area contributed by atoms with E-state index in [1.165, 1.54) is 0 Å². The molecule has 0 bridgehead atoms. The molecule has 8 heteroatoms. The van der Waals surface area contributed by atoms with E-state index in [9.17, 15) is 13.2 Å². The molecule has 0 radical (unpaired) electrons. The number of carbonyl (C=O) groups excluding carboxylic acids is 1. The van der Waals surface area contributed by atoms with Crippen molar-refractivity contribution in [2.45, 2.75) is 25.9 Å². The number of halogens is 1. The quantitative estimate of drug-likeness (QED) is 0.664. The van der Waals surface area contributed by atoms with Gasteiger partial charge < -0.3 is 14.4 Å². The third-order valence-electron chi connectivity index (χ3n) is 4.94. The lowest BCUT2D eigenvalue weighted by Crippen LogP contribution is -2.43. The van der Waals surface area contributed by atoms with Crippen LogP contribution in [0.5, 0.6) is 11.5 Å². The number of carbonyl (C=O) groups is 1. The van der Waals surface area contributed by atoms with Crippen molar-refractivity contribution in [3.63, 3.8) is 0 Å². The highest BCUT2D eigenvalue weighted by atomic mass is 35.5. The third kappa shape index (κ3) is 5.64. The van der Waals surface area contributed by atoms with E-state index in [-0.39, 0.29) is 30.1 Å². The number of hydrogen-bond donors (Lipinski definition) is 0. The summed E-state index contributed by atoms with van der Waals surface area (Å²) >= 11 is 5.96. The van der Waals surface area contributed by atoms with Crippen molar-refractivity contribution >= 4 is 27.3 Å². The summed E-state index contributed by atoms with van der Waals surface area (Å²) in [6.45, 7) is 1.96. The zero-order chi connectivity index (χ0) is 21.0. The summed E-state index contributed by atoms with van der Waals surface area (Å²) < 4.78 is 34.9. The normalized spacial score (nSPS) is 17.7. The molecule has 1 amide bonds. The Morgan fingerprint density at radius 1 is 1.24 bits per heavy atom. The van der Waals surface area contributed by atoms with Crippen LogP contribution in [0.1, 0.15) is 17.5 Å². The molecule has 1 heterocycles. The molecular formula is C21H24ClNO5S. The van der Waals surface area contributed by atoms with Crippen LogP contribution >= 0.6 is 11.6 Å². The molecule has 0 aromatic heterocycles. The van der Waals surface area contributed by atoms with E-state index >= 15 is 0 Å². The van der Waals surface area contributed by atoms with Gasteiger partial charge in [-0.05, 0) is 54.8 Å². The second-order valence-electron chi connectivity index (χ2n) is 7.13. The zero-order valence-electron chi connectivity index (χ0n) is 16.4. The van der Waals surface area contributed by atoms with Crippen LogP contribution in [0.25, 0.3) is 0 Å². The maximum Gasteiger partial charge on any atom is 0.261 e. The van der Waals surface area contributed by atoms with Crippen molar-refractivity contribution < 1.29 is 22.7 Å². The molecule has 1 aliphatic rings. The Bertz CT molecular complexity index is 992. The Kier molecular flexibility index (Phi) is 6.70. The molecule has 1 atom stereocenters. The summed E-state index contributed by atoms with van der Waals surface area (Å²) in [5, 5.41) is 0.594. The molecule has 0 spiro atoms. The lowest BCUT2D eigenvalue weighted by atomic mass is 10.1. The maximum absolute atomic E-state index is 13.0.